The molecule has 4 heterocycles. The monoisotopic (exact) mass is 570 g/mol. The van der Waals surface area contributed by atoms with Crippen LogP contribution in [-0.2, 0) is 5.41 Å². The van der Waals surface area contributed by atoms with E-state index >= 15 is 0 Å². The smallest absolute Gasteiger partial charge is 0.422 e. The van der Waals surface area contributed by atoms with Gasteiger partial charge in [-0.15, -0.1) is 0 Å². The number of nitrogens with zero attached hydrogens (tertiary/aromatic N) is 4. The van der Waals surface area contributed by atoms with Crippen LogP contribution in [0.5, 0.6) is 11.5 Å². The molecule has 8 rings (SSSR count). The van der Waals surface area contributed by atoms with Gasteiger partial charge >= 0.3 is 6.98 Å². The number of aromatic nitrogens is 2. The van der Waals surface area contributed by atoms with E-state index in [1.807, 2.05) is 48.8 Å². The molecule has 2 aromatic heterocycles. The van der Waals surface area contributed by atoms with Crippen LogP contribution in [0, 0.1) is 0 Å². The highest BCUT2D eigenvalue weighted by Gasteiger charge is 2.48. The van der Waals surface area contributed by atoms with E-state index in [-0.39, 0.29) is 12.4 Å². The normalized spacial score (nSPS) is 13.2. The number of pyridine rings is 2. The molecule has 0 N–H and O–H groups in total. The highest BCUT2D eigenvalue weighted by atomic mass is 16.5. The third-order valence-corrected chi connectivity index (χ3v) is 8.50. The van der Waals surface area contributed by atoms with Crippen molar-refractivity contribution in [1.82, 2.24) is 9.97 Å². The largest absolute Gasteiger partial charge is 0.457 e. The molecule has 0 unspecified atom stereocenters. The summed E-state index contributed by atoms with van der Waals surface area (Å²) < 4.78 is 6.64. The predicted molar refractivity (Wildman–Crippen MR) is 181 cm³/mol. The van der Waals surface area contributed by atoms with Crippen LogP contribution in [-0.4, -0.2) is 17.0 Å². The van der Waals surface area contributed by atoms with Crippen molar-refractivity contribution in [1.29, 1.82) is 0 Å². The Morgan fingerprint density at radius 1 is 0.614 bits per heavy atom. The van der Waals surface area contributed by atoms with Crippen molar-refractivity contribution in [3.8, 4) is 33.9 Å². The van der Waals surface area contributed by atoms with Gasteiger partial charge in [0.2, 0.25) is 0 Å². The van der Waals surface area contributed by atoms with Crippen LogP contribution in [0.4, 0.5) is 22.9 Å². The van der Waals surface area contributed by atoms with E-state index in [0.29, 0.717) is 0 Å². The fraction of sp³-hybridized carbons (Fsp3) is 0.105. The Bertz CT molecular complexity index is 2020. The summed E-state index contributed by atoms with van der Waals surface area (Å²) in [5.41, 5.74) is 10.0. The average Bonchev–Trinajstić information content (AvgIpc) is 3.41. The summed E-state index contributed by atoms with van der Waals surface area (Å²) in [5, 5.41) is 0. The van der Waals surface area contributed by atoms with E-state index in [2.05, 4.69) is 120 Å². The van der Waals surface area contributed by atoms with Crippen molar-refractivity contribution >= 4 is 35.3 Å². The van der Waals surface area contributed by atoms with Crippen LogP contribution >= 0.6 is 0 Å². The lowest BCUT2D eigenvalue weighted by molar-refractivity contribution is 0.479. The van der Waals surface area contributed by atoms with Gasteiger partial charge in [0.05, 0.1) is 11.4 Å². The van der Waals surface area contributed by atoms with Gasteiger partial charge in [-0.05, 0) is 76.6 Å². The summed E-state index contributed by atoms with van der Waals surface area (Å²) in [6, 6.07) is 42.3. The Morgan fingerprint density at radius 2 is 1.39 bits per heavy atom. The molecule has 0 bridgehead atoms. The molecule has 0 aliphatic carbocycles. The van der Waals surface area contributed by atoms with Crippen molar-refractivity contribution in [2.24, 2.45) is 0 Å². The fourth-order valence-corrected chi connectivity index (χ4v) is 6.41. The summed E-state index contributed by atoms with van der Waals surface area (Å²) in [4.78, 5) is 14.3. The van der Waals surface area contributed by atoms with Gasteiger partial charge < -0.3 is 14.4 Å². The maximum absolute atomic E-state index is 6.64. The number of hydrogen-bond donors (Lipinski definition) is 0. The first-order chi connectivity index (χ1) is 21.5. The first-order valence-electron chi connectivity index (χ1n) is 15.0. The van der Waals surface area contributed by atoms with Gasteiger partial charge in [0.15, 0.2) is 0 Å². The zero-order valence-corrected chi connectivity index (χ0v) is 25.0. The van der Waals surface area contributed by atoms with Gasteiger partial charge in [0.25, 0.3) is 0 Å². The zero-order valence-electron chi connectivity index (χ0n) is 25.0. The minimum atomic E-state index is -0.104. The molecule has 6 heteroatoms. The molecule has 0 saturated carbocycles. The summed E-state index contributed by atoms with van der Waals surface area (Å²) in [6.07, 6.45) is 3.70. The fourth-order valence-electron chi connectivity index (χ4n) is 6.41. The van der Waals surface area contributed by atoms with Crippen LogP contribution in [0.15, 0.2) is 134 Å². The number of fused-ring (bicyclic) bond motifs is 8. The molecular weight excluding hydrogens is 539 g/mol. The SMILES string of the molecule is CC(C)(C)c1cc(Oc2cccc(-c3ccccn3)c2)cc(N2B3c4ccccc4-c4ccccc4N3c3cccnc32)c1. The van der Waals surface area contributed by atoms with Crippen LogP contribution in [0.2, 0.25) is 0 Å². The van der Waals surface area contributed by atoms with Crippen molar-refractivity contribution in [2.45, 2.75) is 26.2 Å². The first-order valence-corrected chi connectivity index (χ1v) is 15.0. The second-order valence-corrected chi connectivity index (χ2v) is 12.4. The van der Waals surface area contributed by atoms with Crippen LogP contribution in [0.3, 0.4) is 0 Å². The van der Waals surface area contributed by atoms with Crippen molar-refractivity contribution < 1.29 is 4.74 Å². The molecule has 0 spiro atoms. The molecule has 212 valence electrons. The number of anilines is 4. The molecule has 0 amide bonds. The number of para-hydroxylation sites is 1. The van der Waals surface area contributed by atoms with E-state index in [1.165, 1.54) is 27.8 Å². The van der Waals surface area contributed by atoms with Gasteiger partial charge in [-0.25, -0.2) is 4.98 Å². The Labute approximate surface area is 258 Å². The quantitative estimate of drug-likeness (QED) is 0.198. The molecule has 0 fully saturated rings. The topological polar surface area (TPSA) is 41.5 Å². The minimum absolute atomic E-state index is 0.0958. The maximum Gasteiger partial charge on any atom is 0.422 e. The molecule has 0 radical (unpaired) electrons. The molecule has 4 aromatic carbocycles. The van der Waals surface area contributed by atoms with E-state index in [4.69, 9.17) is 9.72 Å². The molecule has 2 aliphatic rings. The number of ether oxygens (including phenoxy) is 1. The van der Waals surface area contributed by atoms with Crippen LogP contribution < -0.4 is 19.8 Å². The summed E-state index contributed by atoms with van der Waals surface area (Å²) in [5.74, 6) is 2.48. The molecule has 44 heavy (non-hydrogen) atoms. The average molecular weight is 571 g/mol. The van der Waals surface area contributed by atoms with Crippen molar-refractivity contribution in [3.05, 3.63) is 139 Å². The third-order valence-electron chi connectivity index (χ3n) is 8.50. The number of rotatable bonds is 4. The highest BCUT2D eigenvalue weighted by Crippen LogP contribution is 2.50. The van der Waals surface area contributed by atoms with E-state index in [1.54, 1.807) is 0 Å². The van der Waals surface area contributed by atoms with Crippen LogP contribution in [0.25, 0.3) is 22.4 Å². The van der Waals surface area contributed by atoms with E-state index < -0.39 is 0 Å². The Hall–Kier alpha value is -5.36. The Kier molecular flexibility index (Phi) is 6.05. The van der Waals surface area contributed by atoms with Gasteiger partial charge in [-0.2, -0.15) is 0 Å². The van der Waals surface area contributed by atoms with Crippen molar-refractivity contribution in [3.63, 3.8) is 0 Å². The van der Waals surface area contributed by atoms with Crippen LogP contribution in [0.1, 0.15) is 26.3 Å². The number of benzene rings is 4. The third kappa shape index (κ3) is 4.33. The molecule has 0 saturated heterocycles. The molecule has 5 nitrogen and oxygen atoms in total. The van der Waals surface area contributed by atoms with Gasteiger partial charge in [0, 0.05) is 41.0 Å². The Morgan fingerprint density at radius 3 is 2.23 bits per heavy atom. The predicted octanol–water partition coefficient (Wildman–Crippen LogP) is 8.90. The number of hydrogen-bond acceptors (Lipinski definition) is 5. The maximum atomic E-state index is 6.64. The van der Waals surface area contributed by atoms with E-state index in [9.17, 15) is 0 Å². The molecule has 0 atom stereocenters. The summed E-state index contributed by atoms with van der Waals surface area (Å²) in [6.45, 7) is 6.63. The molecule has 6 aromatic rings. The van der Waals surface area contributed by atoms with Gasteiger partial charge in [0.1, 0.15) is 17.3 Å². The van der Waals surface area contributed by atoms with E-state index in [0.717, 1.165) is 39.9 Å². The lowest BCUT2D eigenvalue weighted by atomic mass is 9.59. The second kappa shape index (κ2) is 10.1. The molecule has 2 aliphatic heterocycles. The Balaban J connectivity index is 1.28. The lowest BCUT2D eigenvalue weighted by Crippen LogP contribution is -2.55. The van der Waals surface area contributed by atoms with Gasteiger partial charge in [-0.3, -0.25) is 4.98 Å². The first kappa shape index (κ1) is 26.3. The van der Waals surface area contributed by atoms with Gasteiger partial charge in [-0.1, -0.05) is 81.4 Å². The highest BCUT2D eigenvalue weighted by molar-refractivity contribution is 6.86. The lowest BCUT2D eigenvalue weighted by Gasteiger charge is -2.36. The van der Waals surface area contributed by atoms with Crippen molar-refractivity contribution in [2.75, 3.05) is 9.62 Å². The summed E-state index contributed by atoms with van der Waals surface area (Å²) >= 11 is 0. The summed E-state index contributed by atoms with van der Waals surface area (Å²) in [7, 11) is 0. The molecular formula is C38H31BN4O. The minimum Gasteiger partial charge on any atom is -0.457 e. The second-order valence-electron chi connectivity index (χ2n) is 12.4. The zero-order chi connectivity index (χ0) is 29.8. The standard InChI is InChI=1S/C38H31BN4O/c1-38(2,3)27-23-28(25-30(24-27)44-29-13-10-12-26(22-29)34-17-8-9-20-40-34)42-37-36(19-11-21-41-37)43-35-18-7-5-15-32(35)31-14-4-6-16-33(31)39(42)43/h4-25H,1-3H3.